The molecule has 1 aromatic carbocycles. The maximum atomic E-state index is 5.54. The van der Waals surface area contributed by atoms with E-state index in [0.29, 0.717) is 6.54 Å². The highest BCUT2D eigenvalue weighted by Gasteiger charge is 1.99. The van der Waals surface area contributed by atoms with Crippen LogP contribution in [-0.2, 0) is 11.3 Å². The lowest BCUT2D eigenvalue weighted by Crippen LogP contribution is -2.39. The summed E-state index contributed by atoms with van der Waals surface area (Å²) in [6, 6.07) is 8.35. The van der Waals surface area contributed by atoms with Gasteiger partial charge in [-0.3, -0.25) is 0 Å². The highest BCUT2D eigenvalue weighted by Crippen LogP contribution is 2.07. The van der Waals surface area contributed by atoms with Crippen LogP contribution in [0.4, 0.5) is 0 Å². The van der Waals surface area contributed by atoms with Crippen LogP contribution in [0.2, 0.25) is 0 Å². The number of aryl methyl sites for hydroxylation is 1. The quantitative estimate of drug-likeness (QED) is 0.418. The number of rotatable bonds is 9. The van der Waals surface area contributed by atoms with Gasteiger partial charge in [0, 0.05) is 19.7 Å². The predicted octanol–water partition coefficient (Wildman–Crippen LogP) is 2.87. The van der Waals surface area contributed by atoms with Crippen LogP contribution in [0.15, 0.2) is 29.3 Å². The zero-order chi connectivity index (χ0) is 15.3. The van der Waals surface area contributed by atoms with Crippen molar-refractivity contribution in [2.75, 3.05) is 26.3 Å². The van der Waals surface area contributed by atoms with E-state index in [-0.39, 0.29) is 0 Å². The molecule has 0 bridgehead atoms. The van der Waals surface area contributed by atoms with Crippen LogP contribution in [0.5, 0.6) is 0 Å². The number of hydrogen-bond acceptors (Lipinski definition) is 2. The van der Waals surface area contributed by atoms with E-state index in [2.05, 4.69) is 60.7 Å². The van der Waals surface area contributed by atoms with Crippen molar-refractivity contribution in [3.63, 3.8) is 0 Å². The van der Waals surface area contributed by atoms with Gasteiger partial charge >= 0.3 is 0 Å². The molecule has 1 aromatic rings. The van der Waals surface area contributed by atoms with Crippen LogP contribution < -0.4 is 10.6 Å². The number of nitrogens with one attached hydrogen (secondary N) is 2. The van der Waals surface area contributed by atoms with Gasteiger partial charge in [-0.1, -0.05) is 37.6 Å². The Kier molecular flexibility index (Phi) is 9.29. The lowest BCUT2D eigenvalue weighted by Gasteiger charge is -2.12. The van der Waals surface area contributed by atoms with Gasteiger partial charge in [0.1, 0.15) is 0 Å². The minimum absolute atomic E-state index is 0.693. The summed E-state index contributed by atoms with van der Waals surface area (Å²) in [6.45, 7) is 10.3. The van der Waals surface area contributed by atoms with Crippen LogP contribution in [0.3, 0.4) is 0 Å². The average Bonchev–Trinajstić information content (AvgIpc) is 2.49. The molecule has 0 fully saturated rings. The molecule has 0 amide bonds. The maximum absolute atomic E-state index is 5.54. The number of benzene rings is 1. The number of aliphatic imine (C=N–C) groups is 1. The summed E-state index contributed by atoms with van der Waals surface area (Å²) in [5.41, 5.74) is 2.54. The van der Waals surface area contributed by atoms with E-state index in [1.807, 2.05) is 0 Å². The SMILES string of the molecule is CCCCOCCNC(=NCc1ccccc1C)NCC. The molecule has 2 N–H and O–H groups in total. The first-order chi connectivity index (χ1) is 10.3. The minimum Gasteiger partial charge on any atom is -0.380 e. The van der Waals surface area contributed by atoms with Crippen LogP contribution in [-0.4, -0.2) is 32.3 Å². The fourth-order valence-corrected chi connectivity index (χ4v) is 1.88. The summed E-state index contributed by atoms with van der Waals surface area (Å²) < 4.78 is 5.54. The third-order valence-corrected chi connectivity index (χ3v) is 3.19. The first kappa shape index (κ1) is 17.5. The molecule has 0 saturated heterocycles. The highest BCUT2D eigenvalue weighted by molar-refractivity contribution is 5.79. The summed E-state index contributed by atoms with van der Waals surface area (Å²) in [6.07, 6.45) is 2.30. The molecule has 0 aliphatic rings. The Balaban J connectivity index is 2.38. The van der Waals surface area contributed by atoms with Crippen molar-refractivity contribution >= 4 is 5.96 Å². The van der Waals surface area contributed by atoms with Crippen molar-refractivity contribution < 1.29 is 4.74 Å². The summed E-state index contributed by atoms with van der Waals surface area (Å²) in [4.78, 5) is 4.62. The Labute approximate surface area is 129 Å². The van der Waals surface area contributed by atoms with Crippen LogP contribution >= 0.6 is 0 Å². The monoisotopic (exact) mass is 291 g/mol. The van der Waals surface area contributed by atoms with Gasteiger partial charge in [0.05, 0.1) is 13.2 Å². The van der Waals surface area contributed by atoms with Gasteiger partial charge in [-0.2, -0.15) is 0 Å². The minimum atomic E-state index is 0.693. The van der Waals surface area contributed by atoms with Crippen molar-refractivity contribution in [2.45, 2.75) is 40.2 Å². The Morgan fingerprint density at radius 2 is 1.95 bits per heavy atom. The van der Waals surface area contributed by atoms with Gasteiger partial charge in [0.25, 0.3) is 0 Å². The van der Waals surface area contributed by atoms with Crippen molar-refractivity contribution in [1.82, 2.24) is 10.6 Å². The molecule has 0 saturated carbocycles. The smallest absolute Gasteiger partial charge is 0.191 e. The van der Waals surface area contributed by atoms with E-state index in [4.69, 9.17) is 4.74 Å². The second kappa shape index (κ2) is 11.1. The Bertz CT molecular complexity index is 418. The van der Waals surface area contributed by atoms with Crippen molar-refractivity contribution in [3.05, 3.63) is 35.4 Å². The highest BCUT2D eigenvalue weighted by atomic mass is 16.5. The molecule has 21 heavy (non-hydrogen) atoms. The maximum Gasteiger partial charge on any atom is 0.191 e. The largest absolute Gasteiger partial charge is 0.380 e. The predicted molar refractivity (Wildman–Crippen MR) is 89.7 cm³/mol. The first-order valence-corrected chi connectivity index (χ1v) is 7.92. The molecule has 0 radical (unpaired) electrons. The summed E-state index contributed by atoms with van der Waals surface area (Å²) in [7, 11) is 0. The van der Waals surface area contributed by atoms with Gasteiger partial charge in [-0.25, -0.2) is 4.99 Å². The van der Waals surface area contributed by atoms with E-state index in [9.17, 15) is 0 Å². The summed E-state index contributed by atoms with van der Waals surface area (Å²) >= 11 is 0. The van der Waals surface area contributed by atoms with Gasteiger partial charge in [0.2, 0.25) is 0 Å². The van der Waals surface area contributed by atoms with Gasteiger partial charge in [0.15, 0.2) is 5.96 Å². The van der Waals surface area contributed by atoms with Crippen LogP contribution in [0.1, 0.15) is 37.8 Å². The van der Waals surface area contributed by atoms with Gasteiger partial charge in [-0.05, 0) is 31.4 Å². The zero-order valence-electron chi connectivity index (χ0n) is 13.6. The van der Waals surface area contributed by atoms with Crippen molar-refractivity contribution in [2.24, 2.45) is 4.99 Å². The second-order valence-corrected chi connectivity index (χ2v) is 5.01. The Morgan fingerprint density at radius 1 is 1.14 bits per heavy atom. The van der Waals surface area contributed by atoms with Gasteiger partial charge in [-0.15, -0.1) is 0 Å². The molecule has 0 unspecified atom stereocenters. The molecule has 0 aliphatic heterocycles. The fraction of sp³-hybridized carbons (Fsp3) is 0.588. The van der Waals surface area contributed by atoms with Crippen LogP contribution in [0.25, 0.3) is 0 Å². The third kappa shape index (κ3) is 7.71. The van der Waals surface area contributed by atoms with E-state index in [0.717, 1.165) is 38.7 Å². The fourth-order valence-electron chi connectivity index (χ4n) is 1.88. The topological polar surface area (TPSA) is 45.6 Å². The lowest BCUT2D eigenvalue weighted by atomic mass is 10.1. The van der Waals surface area contributed by atoms with Crippen LogP contribution in [0, 0.1) is 6.92 Å². The van der Waals surface area contributed by atoms with E-state index in [1.165, 1.54) is 17.5 Å². The molecular weight excluding hydrogens is 262 g/mol. The van der Waals surface area contributed by atoms with Crippen molar-refractivity contribution in [3.8, 4) is 0 Å². The summed E-state index contributed by atoms with van der Waals surface area (Å²) in [5.74, 6) is 0.847. The zero-order valence-corrected chi connectivity index (χ0v) is 13.6. The lowest BCUT2D eigenvalue weighted by molar-refractivity contribution is 0.136. The number of hydrogen-bond donors (Lipinski definition) is 2. The number of guanidine groups is 1. The first-order valence-electron chi connectivity index (χ1n) is 7.92. The summed E-state index contributed by atoms with van der Waals surface area (Å²) in [5, 5.41) is 6.56. The molecule has 0 spiro atoms. The molecule has 0 atom stereocenters. The molecular formula is C17H29N3O. The Hall–Kier alpha value is -1.55. The van der Waals surface area contributed by atoms with E-state index >= 15 is 0 Å². The molecule has 0 heterocycles. The molecule has 1 rings (SSSR count). The average molecular weight is 291 g/mol. The standard InChI is InChI=1S/C17H29N3O/c1-4-6-12-21-13-11-19-17(18-5-2)20-14-16-10-8-7-9-15(16)3/h7-10H,4-6,11-14H2,1-3H3,(H2,18,19,20). The molecule has 4 nitrogen and oxygen atoms in total. The third-order valence-electron chi connectivity index (χ3n) is 3.19. The normalized spacial score (nSPS) is 11.5. The van der Waals surface area contributed by atoms with E-state index in [1.54, 1.807) is 0 Å². The Morgan fingerprint density at radius 3 is 2.67 bits per heavy atom. The molecule has 118 valence electrons. The number of ether oxygens (including phenoxy) is 1. The molecule has 0 aliphatic carbocycles. The van der Waals surface area contributed by atoms with E-state index < -0.39 is 0 Å². The van der Waals surface area contributed by atoms with Gasteiger partial charge < -0.3 is 15.4 Å². The van der Waals surface area contributed by atoms with Crippen molar-refractivity contribution in [1.29, 1.82) is 0 Å². The molecule has 0 aromatic heterocycles. The number of unbranched alkanes of at least 4 members (excludes halogenated alkanes) is 1. The number of nitrogens with zero attached hydrogens (tertiary/aromatic N) is 1. The second-order valence-electron chi connectivity index (χ2n) is 5.01. The molecule has 4 heteroatoms.